The Bertz CT molecular complexity index is 3250. The van der Waals surface area contributed by atoms with Crippen LogP contribution in [0, 0.1) is 0 Å². The highest BCUT2D eigenvalue weighted by Gasteiger charge is 2.45. The average Bonchev–Trinajstić information content (AvgIpc) is 3.65. The van der Waals surface area contributed by atoms with E-state index >= 15 is 0 Å². The molecular formula is C55H36OS. The van der Waals surface area contributed by atoms with Crippen molar-refractivity contribution in [2.75, 3.05) is 0 Å². The first-order valence-corrected chi connectivity index (χ1v) is 20.7. The number of fused-ring (bicyclic) bond motifs is 15. The molecule has 10 aromatic carbocycles. The van der Waals surface area contributed by atoms with Crippen LogP contribution in [-0.2, 0) is 18.3 Å². The Morgan fingerprint density at radius 2 is 0.754 bits per heavy atom. The molecule has 0 atom stereocenters. The van der Waals surface area contributed by atoms with E-state index in [1.807, 2.05) is 23.9 Å². The molecule has 0 bridgehead atoms. The van der Waals surface area contributed by atoms with Gasteiger partial charge in [-0.2, -0.15) is 0 Å². The Labute approximate surface area is 335 Å². The molecule has 1 nitrogen and oxygen atoms in total. The molecule has 1 aromatic heterocycles. The highest BCUT2D eigenvalue weighted by Crippen LogP contribution is 2.60. The van der Waals surface area contributed by atoms with Crippen LogP contribution in [0.4, 0.5) is 0 Å². The smallest absolute Gasteiger partial charge is 0.136 e. The standard InChI is InChI=1S/C55H36OS/c1-2-14-35(15-3-1)33-55(34-36-26-28-37(29-27-36)38-30-31-44-43-20-12-13-25-49(43)56-50(44)32-38)51-45-21-8-4-16-39(45)41-18-6-10-23-47(41)53(51)57-54-48-24-11-7-19-42(48)40-17-5-9-22-46(40)52(54)55/h1-32H,33-34H2. The van der Waals surface area contributed by atoms with Crippen molar-refractivity contribution in [2.24, 2.45) is 0 Å². The number of hydrogen-bond donors (Lipinski definition) is 0. The summed E-state index contributed by atoms with van der Waals surface area (Å²) < 4.78 is 6.30. The van der Waals surface area contributed by atoms with Gasteiger partial charge in [-0.15, -0.1) is 0 Å². The molecule has 57 heavy (non-hydrogen) atoms. The van der Waals surface area contributed by atoms with E-state index in [0.717, 1.165) is 40.3 Å². The molecule has 0 fully saturated rings. The molecule has 0 spiro atoms. The summed E-state index contributed by atoms with van der Waals surface area (Å²) >= 11 is 1.99. The molecule has 0 radical (unpaired) electrons. The topological polar surface area (TPSA) is 13.1 Å². The SMILES string of the molecule is c1ccc(CC2(Cc3ccc(-c4ccc5c(c4)oc4ccccc45)cc3)c3c(c4ccccc4c4ccccc34)Sc3c2c2ccccc2c2ccccc32)cc1. The van der Waals surface area contributed by atoms with Gasteiger partial charge in [0.2, 0.25) is 0 Å². The predicted octanol–water partition coefficient (Wildman–Crippen LogP) is 15.1. The average molecular weight is 745 g/mol. The van der Waals surface area contributed by atoms with Crippen LogP contribution in [0.3, 0.4) is 0 Å². The zero-order valence-electron chi connectivity index (χ0n) is 31.2. The van der Waals surface area contributed by atoms with Crippen LogP contribution in [0.2, 0.25) is 0 Å². The Morgan fingerprint density at radius 1 is 0.333 bits per heavy atom. The first kappa shape index (κ1) is 32.6. The van der Waals surface area contributed by atoms with E-state index in [1.54, 1.807) is 0 Å². The summed E-state index contributed by atoms with van der Waals surface area (Å²) in [6.07, 6.45) is 1.71. The van der Waals surface area contributed by atoms with Gasteiger partial charge in [0.25, 0.3) is 0 Å². The maximum absolute atomic E-state index is 6.30. The summed E-state index contributed by atoms with van der Waals surface area (Å²) in [5.41, 5.74) is 9.33. The van der Waals surface area contributed by atoms with Gasteiger partial charge < -0.3 is 4.42 Å². The van der Waals surface area contributed by atoms with Gasteiger partial charge in [0.05, 0.1) is 0 Å². The second-order valence-electron chi connectivity index (χ2n) is 15.6. The summed E-state index contributed by atoms with van der Waals surface area (Å²) in [5, 5.41) is 12.9. The van der Waals surface area contributed by atoms with E-state index in [9.17, 15) is 0 Å². The van der Waals surface area contributed by atoms with Gasteiger partial charge in [0.15, 0.2) is 0 Å². The summed E-state index contributed by atoms with van der Waals surface area (Å²) in [5.74, 6) is 0. The zero-order chi connectivity index (χ0) is 37.5. The quantitative estimate of drug-likeness (QED) is 0.163. The second-order valence-corrected chi connectivity index (χ2v) is 16.6. The molecule has 0 saturated carbocycles. The number of rotatable bonds is 5. The summed E-state index contributed by atoms with van der Waals surface area (Å²) in [4.78, 5) is 2.76. The Morgan fingerprint density at radius 3 is 1.33 bits per heavy atom. The Balaban J connectivity index is 1.14. The molecule has 0 aliphatic carbocycles. The maximum atomic E-state index is 6.30. The van der Waals surface area contributed by atoms with Crippen LogP contribution < -0.4 is 0 Å². The third kappa shape index (κ3) is 4.97. The van der Waals surface area contributed by atoms with Crippen LogP contribution >= 0.6 is 11.8 Å². The molecule has 0 N–H and O–H groups in total. The van der Waals surface area contributed by atoms with Gasteiger partial charge >= 0.3 is 0 Å². The number of para-hydroxylation sites is 1. The van der Waals surface area contributed by atoms with Crippen LogP contribution in [0.25, 0.3) is 76.2 Å². The Kier molecular flexibility index (Phi) is 7.27. The van der Waals surface area contributed by atoms with Crippen molar-refractivity contribution >= 4 is 76.8 Å². The number of benzene rings is 10. The molecule has 2 heteroatoms. The molecule has 268 valence electrons. The minimum absolute atomic E-state index is 0.404. The van der Waals surface area contributed by atoms with Gasteiger partial charge in [-0.25, -0.2) is 0 Å². The van der Waals surface area contributed by atoms with Crippen LogP contribution in [0.1, 0.15) is 22.3 Å². The van der Waals surface area contributed by atoms with E-state index in [2.05, 4.69) is 182 Å². The molecular weight excluding hydrogens is 709 g/mol. The van der Waals surface area contributed by atoms with Gasteiger partial charge in [-0.1, -0.05) is 188 Å². The van der Waals surface area contributed by atoms with Crippen molar-refractivity contribution in [1.29, 1.82) is 0 Å². The van der Waals surface area contributed by atoms with Gasteiger partial charge in [0.1, 0.15) is 11.2 Å². The lowest BCUT2D eigenvalue weighted by atomic mass is 9.63. The molecule has 0 saturated heterocycles. The van der Waals surface area contributed by atoms with Crippen molar-refractivity contribution in [3.05, 3.63) is 216 Å². The fourth-order valence-corrected chi connectivity index (χ4v) is 11.6. The van der Waals surface area contributed by atoms with E-state index in [4.69, 9.17) is 4.42 Å². The highest BCUT2D eigenvalue weighted by atomic mass is 32.2. The van der Waals surface area contributed by atoms with Gasteiger partial charge in [-0.05, 0) is 108 Å². The van der Waals surface area contributed by atoms with Crippen molar-refractivity contribution in [1.82, 2.24) is 0 Å². The maximum Gasteiger partial charge on any atom is 0.136 e. The van der Waals surface area contributed by atoms with E-state index < -0.39 is 5.41 Å². The third-order valence-corrected chi connectivity index (χ3v) is 13.7. The molecule has 2 heterocycles. The van der Waals surface area contributed by atoms with E-state index in [-0.39, 0.29) is 0 Å². The van der Waals surface area contributed by atoms with Crippen LogP contribution in [0.5, 0.6) is 0 Å². The molecule has 0 amide bonds. The minimum Gasteiger partial charge on any atom is -0.456 e. The van der Waals surface area contributed by atoms with E-state index in [0.29, 0.717) is 0 Å². The lowest BCUT2D eigenvalue weighted by Crippen LogP contribution is -2.37. The van der Waals surface area contributed by atoms with Crippen molar-refractivity contribution in [3.63, 3.8) is 0 Å². The van der Waals surface area contributed by atoms with Crippen molar-refractivity contribution < 1.29 is 4.42 Å². The predicted molar refractivity (Wildman–Crippen MR) is 241 cm³/mol. The molecule has 11 aromatic rings. The van der Waals surface area contributed by atoms with E-state index in [1.165, 1.54) is 80.7 Å². The highest BCUT2D eigenvalue weighted by molar-refractivity contribution is 8.00. The molecule has 0 unspecified atom stereocenters. The summed E-state index contributed by atoms with van der Waals surface area (Å²) in [7, 11) is 0. The normalized spacial score (nSPS) is 13.5. The first-order chi connectivity index (χ1) is 28.2. The largest absolute Gasteiger partial charge is 0.456 e. The van der Waals surface area contributed by atoms with Gasteiger partial charge in [0, 0.05) is 26.0 Å². The monoisotopic (exact) mass is 744 g/mol. The fraction of sp³-hybridized carbons (Fsp3) is 0.0545. The molecule has 1 aliphatic heterocycles. The van der Waals surface area contributed by atoms with Crippen molar-refractivity contribution in [2.45, 2.75) is 28.0 Å². The van der Waals surface area contributed by atoms with Gasteiger partial charge in [-0.3, -0.25) is 0 Å². The van der Waals surface area contributed by atoms with Crippen molar-refractivity contribution in [3.8, 4) is 11.1 Å². The first-order valence-electron chi connectivity index (χ1n) is 19.8. The Hall–Kier alpha value is -6.61. The van der Waals surface area contributed by atoms with Crippen LogP contribution in [-0.4, -0.2) is 0 Å². The second kappa shape index (κ2) is 12.7. The lowest BCUT2D eigenvalue weighted by Gasteiger charge is -2.44. The fourth-order valence-electron chi connectivity index (χ4n) is 10.0. The summed E-state index contributed by atoms with van der Waals surface area (Å²) in [6.45, 7) is 0. The summed E-state index contributed by atoms with van der Waals surface area (Å²) in [6, 6.07) is 71.9. The number of furan rings is 1. The number of hydrogen-bond acceptors (Lipinski definition) is 2. The third-order valence-electron chi connectivity index (χ3n) is 12.5. The lowest BCUT2D eigenvalue weighted by molar-refractivity contribution is 0.496. The van der Waals surface area contributed by atoms with Crippen LogP contribution in [0.15, 0.2) is 208 Å². The molecule has 12 rings (SSSR count). The minimum atomic E-state index is -0.404. The molecule has 1 aliphatic rings. The zero-order valence-corrected chi connectivity index (χ0v) is 32.0.